The van der Waals surface area contributed by atoms with E-state index < -0.39 is 13.6 Å². The summed E-state index contributed by atoms with van der Waals surface area (Å²) in [5.41, 5.74) is 6.60. The molecule has 0 spiro atoms. The maximum atomic E-state index is 2.69. The van der Waals surface area contributed by atoms with Gasteiger partial charge in [-0.25, -0.2) is 0 Å². The summed E-state index contributed by atoms with van der Waals surface area (Å²) in [6, 6.07) is 55.4. The molecule has 1 aliphatic rings. The van der Waals surface area contributed by atoms with Gasteiger partial charge >= 0.3 is 211 Å². The third kappa shape index (κ3) is 3.81. The van der Waals surface area contributed by atoms with Crippen LogP contribution in [0.4, 0.5) is 0 Å². The Morgan fingerprint density at radius 2 is 0.714 bits per heavy atom. The zero-order chi connectivity index (χ0) is 23.5. The van der Waals surface area contributed by atoms with Gasteiger partial charge < -0.3 is 0 Å². The zero-order valence-electron chi connectivity index (χ0n) is 19.5. The van der Waals surface area contributed by atoms with Crippen molar-refractivity contribution >= 4 is 37.8 Å². The fraction of sp³-hybridized carbons (Fsp3) is 0. The van der Waals surface area contributed by atoms with E-state index in [4.69, 9.17) is 0 Å². The van der Waals surface area contributed by atoms with Crippen molar-refractivity contribution in [3.8, 4) is 0 Å². The first-order valence-electron chi connectivity index (χ1n) is 12.1. The molecular weight excluding hydrogens is 483 g/mol. The Morgan fingerprint density at radius 3 is 1.17 bits per heavy atom. The van der Waals surface area contributed by atoms with Crippen LogP contribution in [0.3, 0.4) is 0 Å². The Bertz CT molecular complexity index is 1440. The van der Waals surface area contributed by atoms with Crippen LogP contribution in [0.15, 0.2) is 157 Å². The molecule has 1 aliphatic heterocycles. The second-order valence-electron chi connectivity index (χ2n) is 8.95. The predicted molar refractivity (Wildman–Crippen MR) is 153 cm³/mol. The molecule has 0 atom stereocenters. The summed E-state index contributed by atoms with van der Waals surface area (Å²) in [6.07, 6.45) is 0. The summed E-state index contributed by atoms with van der Waals surface area (Å²) in [7, 11) is 0. The van der Waals surface area contributed by atoms with E-state index in [1.54, 1.807) is 0 Å². The monoisotopic (exact) mass is 510 g/mol. The second-order valence-corrected chi connectivity index (χ2v) is 16.4. The molecule has 0 aliphatic carbocycles. The van der Waals surface area contributed by atoms with Crippen LogP contribution in [-0.2, 0) is 0 Å². The van der Waals surface area contributed by atoms with Crippen molar-refractivity contribution in [1.82, 2.24) is 0 Å². The van der Waals surface area contributed by atoms with E-state index in [0.29, 0.717) is 0 Å². The van der Waals surface area contributed by atoms with Gasteiger partial charge in [0.15, 0.2) is 0 Å². The molecule has 6 rings (SSSR count). The Hall–Kier alpha value is -3.86. The van der Waals surface area contributed by atoms with Gasteiger partial charge in [-0.05, 0) is 0 Å². The van der Waals surface area contributed by atoms with Gasteiger partial charge in [-0.3, -0.25) is 0 Å². The quantitative estimate of drug-likeness (QED) is 0.229. The van der Waals surface area contributed by atoms with E-state index in [2.05, 4.69) is 157 Å². The number of allylic oxidation sites excluding steroid dienone is 2. The molecular formula is C34H27As. The fourth-order valence-electron chi connectivity index (χ4n) is 5.44. The number of benzene rings is 5. The number of hydrogen-bond donors (Lipinski definition) is 0. The first-order chi connectivity index (χ1) is 17.4. The van der Waals surface area contributed by atoms with Gasteiger partial charge in [0.05, 0.1) is 0 Å². The standard InChI is InChI=1S/C34H27As/c1-6-16-27(17-7-1)32-26-35(30-22-12-4-13-23-30,31-24-14-5-15-25-31)34(29-20-10-3-11-21-29)33(32)28-18-8-2-9-19-28/h1-26,35H. The third-order valence-electron chi connectivity index (χ3n) is 6.94. The van der Waals surface area contributed by atoms with E-state index in [0.717, 1.165) is 0 Å². The van der Waals surface area contributed by atoms with Crippen LogP contribution in [0.2, 0.25) is 0 Å². The molecule has 5 aromatic carbocycles. The molecule has 0 N–H and O–H groups in total. The summed E-state index contributed by atoms with van der Waals surface area (Å²) in [6.45, 7) is 0. The predicted octanol–water partition coefficient (Wildman–Crippen LogP) is 6.77. The molecule has 0 saturated heterocycles. The van der Waals surface area contributed by atoms with Gasteiger partial charge in [0.2, 0.25) is 0 Å². The summed E-state index contributed by atoms with van der Waals surface area (Å²) in [5.74, 6) is 0. The molecule has 0 fully saturated rings. The molecule has 0 bridgehead atoms. The molecule has 168 valence electrons. The number of rotatable bonds is 5. The Morgan fingerprint density at radius 1 is 0.343 bits per heavy atom. The average molecular weight is 511 g/mol. The molecule has 0 unspecified atom stereocenters. The SMILES string of the molecule is C1=C(c2ccccc2)C(c2ccccc2)=C(c2ccccc2)[AsH]1(c1ccccc1)c1ccccc1. The summed E-state index contributed by atoms with van der Waals surface area (Å²) < 4.78 is 4.42. The van der Waals surface area contributed by atoms with Gasteiger partial charge in [-0.2, -0.15) is 0 Å². The first-order valence-corrected chi connectivity index (χ1v) is 16.5. The number of hydrogen-bond acceptors (Lipinski definition) is 0. The molecule has 35 heavy (non-hydrogen) atoms. The topological polar surface area (TPSA) is 0 Å². The molecule has 1 heteroatoms. The Kier molecular flexibility index (Phi) is 5.82. The van der Waals surface area contributed by atoms with Crippen molar-refractivity contribution in [3.05, 3.63) is 173 Å². The Balaban J connectivity index is 1.80. The average Bonchev–Trinajstić information content (AvgIpc) is 3.33. The van der Waals surface area contributed by atoms with Crippen LogP contribution in [0.25, 0.3) is 15.5 Å². The van der Waals surface area contributed by atoms with Crippen molar-refractivity contribution in [3.63, 3.8) is 0 Å². The minimum atomic E-state index is -3.26. The van der Waals surface area contributed by atoms with E-state index in [1.165, 1.54) is 40.9 Å². The summed E-state index contributed by atoms with van der Waals surface area (Å²) in [4.78, 5) is 2.69. The van der Waals surface area contributed by atoms with Crippen LogP contribution in [-0.4, -0.2) is 13.6 Å². The summed E-state index contributed by atoms with van der Waals surface area (Å²) in [5, 5.41) is 0. The van der Waals surface area contributed by atoms with Gasteiger partial charge in [-0.15, -0.1) is 0 Å². The van der Waals surface area contributed by atoms with Gasteiger partial charge in [0.25, 0.3) is 0 Å². The first kappa shape index (κ1) is 21.7. The molecule has 1 heterocycles. The minimum absolute atomic E-state index is 1.28. The van der Waals surface area contributed by atoms with Crippen LogP contribution in [0, 0.1) is 0 Å². The van der Waals surface area contributed by atoms with Gasteiger partial charge in [0.1, 0.15) is 0 Å². The van der Waals surface area contributed by atoms with Crippen molar-refractivity contribution in [1.29, 1.82) is 0 Å². The van der Waals surface area contributed by atoms with E-state index in [9.17, 15) is 0 Å². The van der Waals surface area contributed by atoms with Gasteiger partial charge in [-0.1, -0.05) is 0 Å². The fourth-order valence-corrected chi connectivity index (χ4v) is 15.6. The second kappa shape index (κ2) is 9.41. The van der Waals surface area contributed by atoms with Crippen molar-refractivity contribution < 1.29 is 0 Å². The summed E-state index contributed by atoms with van der Waals surface area (Å²) >= 11 is -3.26. The van der Waals surface area contributed by atoms with Crippen LogP contribution in [0.1, 0.15) is 16.7 Å². The molecule has 5 aromatic rings. The van der Waals surface area contributed by atoms with Gasteiger partial charge in [0, 0.05) is 0 Å². The van der Waals surface area contributed by atoms with Crippen LogP contribution in [0.5, 0.6) is 0 Å². The van der Waals surface area contributed by atoms with E-state index >= 15 is 0 Å². The molecule has 0 aromatic heterocycles. The van der Waals surface area contributed by atoms with Crippen molar-refractivity contribution in [2.45, 2.75) is 0 Å². The maximum absolute atomic E-state index is 3.26. The molecule has 0 saturated carbocycles. The normalized spacial score (nSPS) is 15.5. The Labute approximate surface area is 210 Å². The van der Waals surface area contributed by atoms with Crippen molar-refractivity contribution in [2.75, 3.05) is 0 Å². The third-order valence-corrected chi connectivity index (χ3v) is 16.5. The zero-order valence-corrected chi connectivity index (χ0v) is 21.6. The van der Waals surface area contributed by atoms with Crippen LogP contribution < -0.4 is 8.70 Å². The van der Waals surface area contributed by atoms with Crippen LogP contribution >= 0.6 is 0 Å². The molecule has 0 radical (unpaired) electrons. The van der Waals surface area contributed by atoms with Crippen molar-refractivity contribution in [2.24, 2.45) is 0 Å². The van der Waals surface area contributed by atoms with E-state index in [-0.39, 0.29) is 0 Å². The molecule has 0 amide bonds. The van der Waals surface area contributed by atoms with E-state index in [1.807, 2.05) is 0 Å². The molecule has 0 nitrogen and oxygen atoms in total.